The minimum Gasteiger partial charge on any atom is -0.492 e. The van der Waals surface area contributed by atoms with E-state index in [0.717, 1.165) is 17.2 Å². The Morgan fingerprint density at radius 3 is 2.59 bits per heavy atom. The molecule has 3 aliphatic heterocycles. The van der Waals surface area contributed by atoms with Crippen molar-refractivity contribution >= 4 is 28.5 Å². The third kappa shape index (κ3) is 4.73. The highest BCUT2D eigenvalue weighted by Crippen LogP contribution is 2.45. The van der Waals surface area contributed by atoms with Crippen LogP contribution in [-0.4, -0.2) is 100 Å². The van der Waals surface area contributed by atoms with Crippen molar-refractivity contribution in [3.63, 3.8) is 0 Å². The number of esters is 1. The lowest BCUT2D eigenvalue weighted by Gasteiger charge is -2.37. The molecule has 0 amide bonds. The molecule has 13 nitrogen and oxygen atoms in total. The van der Waals surface area contributed by atoms with Crippen LogP contribution in [0.1, 0.15) is 47.6 Å². The lowest BCUT2D eigenvalue weighted by Crippen LogP contribution is -2.60. The molecule has 0 spiro atoms. The zero-order valence-electron chi connectivity index (χ0n) is 25.8. The molecule has 14 heteroatoms. The second kappa shape index (κ2) is 10.5. The summed E-state index contributed by atoms with van der Waals surface area (Å²) in [5.41, 5.74) is -2.25. The molecule has 6 rings (SSSR count). The average Bonchev–Trinajstić information content (AvgIpc) is 3.81. The summed E-state index contributed by atoms with van der Waals surface area (Å²) in [7, 11) is 1.18. The van der Waals surface area contributed by atoms with Gasteiger partial charge in [-0.25, -0.2) is 14.0 Å². The Morgan fingerprint density at radius 2 is 1.93 bits per heavy atom. The number of anilines is 1. The monoisotopic (exact) mass is 581 g/mol. The Bertz CT molecular complexity index is 1600. The number of nitrogens with zero attached hydrogens (tertiary/aromatic N) is 2. The van der Waals surface area contributed by atoms with Crippen LogP contribution in [0.5, 0.6) is 5.75 Å². The summed E-state index contributed by atoms with van der Waals surface area (Å²) in [6.45, 7) is -4.30. The molecule has 7 atom stereocenters. The molecule has 4 heterocycles. The van der Waals surface area contributed by atoms with Gasteiger partial charge in [-0.1, -0.05) is 0 Å². The molecule has 1 saturated carbocycles. The number of carboxylic acids is 1. The van der Waals surface area contributed by atoms with Crippen LogP contribution in [0.2, 0.25) is 0 Å². The molecule has 1 aromatic heterocycles. The third-order valence-electron chi connectivity index (χ3n) is 7.84. The first-order valence-electron chi connectivity index (χ1n) is 15.2. The second-order valence-corrected chi connectivity index (χ2v) is 10.6. The Hall–Kier alpha value is -3.30. The summed E-state index contributed by atoms with van der Waals surface area (Å²) in [6, 6.07) is -0.492. The molecular weight excluding hydrogens is 545 g/mol. The summed E-state index contributed by atoms with van der Waals surface area (Å²) >= 11 is 0. The van der Waals surface area contributed by atoms with Crippen molar-refractivity contribution in [3.8, 4) is 5.75 Å². The summed E-state index contributed by atoms with van der Waals surface area (Å²) in [5, 5.41) is 42.2. The molecular formula is C27H32FN3O10. The zero-order valence-corrected chi connectivity index (χ0v) is 21.8. The second-order valence-electron chi connectivity index (χ2n) is 10.6. The summed E-state index contributed by atoms with van der Waals surface area (Å²) in [6.07, 6.45) is -7.11. The summed E-state index contributed by atoms with van der Waals surface area (Å²) in [4.78, 5) is 39.1. The van der Waals surface area contributed by atoms with Crippen molar-refractivity contribution in [2.75, 3.05) is 31.5 Å². The van der Waals surface area contributed by atoms with Gasteiger partial charge in [-0.3, -0.25) is 4.79 Å². The summed E-state index contributed by atoms with van der Waals surface area (Å²) < 4.78 is 68.8. The highest BCUT2D eigenvalue weighted by molar-refractivity contribution is 5.98. The van der Waals surface area contributed by atoms with Gasteiger partial charge in [0.1, 0.15) is 29.6 Å². The van der Waals surface area contributed by atoms with Crippen molar-refractivity contribution in [1.82, 2.24) is 9.88 Å². The van der Waals surface area contributed by atoms with Gasteiger partial charge in [0.25, 0.3) is 0 Å². The van der Waals surface area contributed by atoms with Crippen LogP contribution in [-0.2, 0) is 14.3 Å². The predicted octanol–water partition coefficient (Wildman–Crippen LogP) is -0.279. The smallest absolute Gasteiger partial charge is 0.346 e. The topological polar surface area (TPSA) is 180 Å². The number of aromatic nitrogens is 1. The number of carbonyl (C=O) groups excluding carboxylic acids is 1. The predicted molar refractivity (Wildman–Crippen MR) is 139 cm³/mol. The van der Waals surface area contributed by atoms with E-state index in [0.29, 0.717) is 32.2 Å². The number of aliphatic carboxylic acids is 1. The van der Waals surface area contributed by atoms with Gasteiger partial charge in [0, 0.05) is 34.0 Å². The number of hydrogen-bond acceptors (Lipinski definition) is 11. The molecule has 222 valence electrons. The van der Waals surface area contributed by atoms with Crippen LogP contribution in [0.4, 0.5) is 10.1 Å². The van der Waals surface area contributed by atoms with Gasteiger partial charge in [-0.15, -0.1) is 0 Å². The first kappa shape index (κ1) is 23.3. The van der Waals surface area contributed by atoms with Crippen molar-refractivity contribution in [2.24, 2.45) is 5.92 Å². The van der Waals surface area contributed by atoms with Crippen LogP contribution in [0.3, 0.4) is 0 Å². The fourth-order valence-corrected chi connectivity index (χ4v) is 5.58. The number of halogens is 1. The number of carboxylic acid groups (broad SMARTS) is 1. The molecule has 5 N–H and O–H groups in total. The van der Waals surface area contributed by atoms with E-state index in [1.54, 1.807) is 0 Å². The number of nitrogens with one attached hydrogen (secondary N) is 1. The fraction of sp³-hybridized carbons (Fsp3) is 0.593. The zero-order chi connectivity index (χ0) is 32.7. The van der Waals surface area contributed by atoms with Crippen molar-refractivity contribution < 1.29 is 54.1 Å². The van der Waals surface area contributed by atoms with E-state index in [2.05, 4.69) is 5.32 Å². The molecule has 41 heavy (non-hydrogen) atoms. The number of aliphatic hydroxyl groups excluding tert-OH is 3. The van der Waals surface area contributed by atoms with Crippen LogP contribution in [0.25, 0.3) is 10.9 Å². The number of methoxy groups -OCH3 is 1. The number of piperidine rings is 1. The molecule has 1 aliphatic carbocycles. The van der Waals surface area contributed by atoms with Gasteiger partial charge in [-0.05, 0) is 44.2 Å². The lowest BCUT2D eigenvalue weighted by atomic mass is 9.94. The van der Waals surface area contributed by atoms with E-state index in [-0.39, 0.29) is 22.7 Å². The molecule has 1 aromatic carbocycles. The highest BCUT2D eigenvalue weighted by Gasteiger charge is 2.49. The molecule has 0 unspecified atom stereocenters. The maximum absolute atomic E-state index is 16.2. The van der Waals surface area contributed by atoms with Crippen molar-refractivity contribution in [3.05, 3.63) is 33.9 Å². The van der Waals surface area contributed by atoms with Crippen molar-refractivity contribution in [1.29, 1.82) is 0 Å². The van der Waals surface area contributed by atoms with Gasteiger partial charge in [0.05, 0.1) is 20.8 Å². The highest BCUT2D eigenvalue weighted by atomic mass is 19.1. The van der Waals surface area contributed by atoms with E-state index in [1.807, 2.05) is 0 Å². The number of aliphatic hydroxyl groups is 3. The molecule has 0 radical (unpaired) electrons. The third-order valence-corrected chi connectivity index (χ3v) is 7.84. The van der Waals surface area contributed by atoms with E-state index in [9.17, 15) is 34.8 Å². The van der Waals surface area contributed by atoms with Crippen LogP contribution in [0, 0.1) is 11.7 Å². The molecule has 4 aliphatic rings. The molecule has 3 saturated heterocycles. The Balaban J connectivity index is 1.47. The molecule has 4 fully saturated rings. The SMILES string of the molecule is [2H]C1([2H])[C@@H]2CCCN[C@@H]2C([2H])([2H])N1c1c(F)cc2c(=O)c(C(=O)O[C@@H]3O[C@H](C(=O)O)[C@@H](O)[C@H](O)[C@H]3O)cn(C3CC3)c2c1OC. The maximum atomic E-state index is 16.2. The largest absolute Gasteiger partial charge is 0.492 e. The van der Waals surface area contributed by atoms with Crippen LogP contribution >= 0.6 is 0 Å². The number of hydrogen-bond donors (Lipinski definition) is 5. The number of benzene rings is 1. The number of fused-ring (bicyclic) bond motifs is 2. The first-order chi connectivity index (χ1) is 21.1. The van der Waals surface area contributed by atoms with Gasteiger partial charge in [0.15, 0.2) is 17.7 Å². The number of rotatable bonds is 6. The van der Waals surface area contributed by atoms with E-state index in [4.69, 9.17) is 19.7 Å². The Morgan fingerprint density at radius 1 is 1.17 bits per heavy atom. The van der Waals surface area contributed by atoms with Crippen LogP contribution < -0.4 is 20.4 Å². The van der Waals surface area contributed by atoms with Crippen molar-refractivity contribution in [2.45, 2.75) is 68.5 Å². The summed E-state index contributed by atoms with van der Waals surface area (Å²) in [5.74, 6) is -5.42. The quantitative estimate of drug-likeness (QED) is 0.282. The van der Waals surface area contributed by atoms with Gasteiger partial charge in [-0.2, -0.15) is 0 Å². The van der Waals surface area contributed by atoms with Gasteiger partial charge >= 0.3 is 11.9 Å². The minimum atomic E-state index is -2.41. The van der Waals surface area contributed by atoms with Crippen LogP contribution in [0.15, 0.2) is 17.1 Å². The minimum absolute atomic E-state index is 0.00850. The average molecular weight is 582 g/mol. The Labute approximate surface area is 238 Å². The maximum Gasteiger partial charge on any atom is 0.346 e. The Kier molecular flexibility index (Phi) is 5.97. The first-order valence-corrected chi connectivity index (χ1v) is 13.2. The number of ether oxygens (including phenoxy) is 3. The standard InChI is InChI=1S/C27H32FN3O10/c1-39-23-17-13(7-15(28)18(23)30-8-11-3-2-6-29-16(11)10-30)19(32)14(9-31(17)12-4-5-12)26(38)41-27-22(35)20(33)21(34)24(40-27)25(36)37/h7,9,11-12,16,20-22,24,27,29,33-35H,2-6,8,10H2,1H3,(H,36,37)/t11-,16+,20-,21-,22+,24-,27-/m0/s1/i8D2,10D2. The van der Waals surface area contributed by atoms with Gasteiger partial charge < -0.3 is 49.4 Å². The molecule has 2 aromatic rings. The van der Waals surface area contributed by atoms with E-state index < -0.39 is 90.1 Å². The lowest BCUT2D eigenvalue weighted by molar-refractivity contribution is -0.278. The molecule has 0 bridgehead atoms. The van der Waals surface area contributed by atoms with Gasteiger partial charge in [0.2, 0.25) is 11.7 Å². The number of pyridine rings is 1. The normalized spacial score (nSPS) is 35.5. The number of carbonyl (C=O) groups is 2. The van der Waals surface area contributed by atoms with E-state index in [1.165, 1.54) is 11.7 Å². The fourth-order valence-electron chi connectivity index (χ4n) is 5.58. The van der Waals surface area contributed by atoms with E-state index >= 15 is 4.39 Å².